The Bertz CT molecular complexity index is 1070. The number of ether oxygens (including phenoxy) is 1. The number of aromatic amines is 1. The number of aliphatic hydroxyl groups excluding tert-OH is 1. The number of benzene rings is 1. The zero-order chi connectivity index (χ0) is 19.7. The number of hydrogen-bond donors (Lipinski definition) is 2. The van der Waals surface area contributed by atoms with Gasteiger partial charge >= 0.3 is 0 Å². The molecule has 3 aromatic rings. The van der Waals surface area contributed by atoms with Gasteiger partial charge in [0.05, 0.1) is 18.2 Å². The van der Waals surface area contributed by atoms with Crippen LogP contribution in [0.1, 0.15) is 17.2 Å². The number of hydrogen-bond acceptors (Lipinski definition) is 5. The first-order valence-electron chi connectivity index (χ1n) is 8.87. The van der Waals surface area contributed by atoms with E-state index in [1.54, 1.807) is 30.7 Å². The lowest BCUT2D eigenvalue weighted by molar-refractivity contribution is -0.140. The van der Waals surface area contributed by atoms with Crippen LogP contribution in [0, 0.1) is 0 Å². The lowest BCUT2D eigenvalue weighted by atomic mass is 9.96. The number of rotatable bonds is 5. The summed E-state index contributed by atoms with van der Waals surface area (Å²) in [5.74, 6) is -1.56. The molecule has 1 saturated heterocycles. The fourth-order valence-corrected chi connectivity index (χ4v) is 3.61. The van der Waals surface area contributed by atoms with Crippen molar-refractivity contribution in [3.8, 4) is 0 Å². The summed E-state index contributed by atoms with van der Waals surface area (Å²) in [5, 5.41) is 11.9. The average molecular weight is 377 g/mol. The normalized spacial score (nSPS) is 18.9. The molecule has 142 valence electrons. The zero-order valence-corrected chi connectivity index (χ0v) is 15.3. The van der Waals surface area contributed by atoms with Gasteiger partial charge in [-0.25, -0.2) is 0 Å². The number of nitrogens with zero attached hydrogens (tertiary/aromatic N) is 2. The summed E-state index contributed by atoms with van der Waals surface area (Å²) in [4.78, 5) is 34.1. The number of nitrogens with one attached hydrogen (secondary N) is 1. The summed E-state index contributed by atoms with van der Waals surface area (Å²) in [5.41, 5.74) is 2.08. The summed E-state index contributed by atoms with van der Waals surface area (Å²) in [6, 6.07) is 10.2. The number of likely N-dealkylation sites (tertiary alicyclic amines) is 1. The van der Waals surface area contributed by atoms with Crippen LogP contribution in [0.4, 0.5) is 0 Å². The van der Waals surface area contributed by atoms with Crippen LogP contribution in [0.5, 0.6) is 0 Å². The van der Waals surface area contributed by atoms with Gasteiger partial charge in [-0.1, -0.05) is 18.2 Å². The van der Waals surface area contributed by atoms with E-state index in [-0.39, 0.29) is 24.5 Å². The summed E-state index contributed by atoms with van der Waals surface area (Å²) < 4.78 is 5.10. The van der Waals surface area contributed by atoms with Crippen LogP contribution in [0.3, 0.4) is 0 Å². The third-order valence-corrected chi connectivity index (χ3v) is 4.94. The number of carbonyl (C=O) groups is 2. The minimum Gasteiger partial charge on any atom is -0.507 e. The third kappa shape index (κ3) is 2.86. The molecule has 0 spiro atoms. The second-order valence-electron chi connectivity index (χ2n) is 6.51. The minimum absolute atomic E-state index is 0.0667. The zero-order valence-electron chi connectivity index (χ0n) is 15.3. The van der Waals surface area contributed by atoms with E-state index in [0.29, 0.717) is 11.1 Å². The van der Waals surface area contributed by atoms with E-state index >= 15 is 0 Å². The number of aliphatic hydroxyl groups is 1. The lowest BCUT2D eigenvalue weighted by Crippen LogP contribution is -2.32. The number of para-hydroxylation sites is 1. The van der Waals surface area contributed by atoms with E-state index in [4.69, 9.17) is 4.74 Å². The Morgan fingerprint density at radius 1 is 1.21 bits per heavy atom. The predicted molar refractivity (Wildman–Crippen MR) is 103 cm³/mol. The molecule has 7 nitrogen and oxygen atoms in total. The van der Waals surface area contributed by atoms with Crippen LogP contribution in [0.25, 0.3) is 16.7 Å². The van der Waals surface area contributed by atoms with Crippen molar-refractivity contribution in [2.24, 2.45) is 0 Å². The molecule has 1 unspecified atom stereocenters. The summed E-state index contributed by atoms with van der Waals surface area (Å²) in [6.07, 6.45) is 4.83. The van der Waals surface area contributed by atoms with Crippen molar-refractivity contribution in [1.29, 1.82) is 0 Å². The number of aromatic nitrogens is 2. The van der Waals surface area contributed by atoms with Crippen molar-refractivity contribution in [3.05, 3.63) is 71.7 Å². The van der Waals surface area contributed by atoms with Crippen molar-refractivity contribution in [1.82, 2.24) is 14.9 Å². The number of ketones is 1. The topological polar surface area (TPSA) is 95.5 Å². The first kappa shape index (κ1) is 17.9. The van der Waals surface area contributed by atoms with Crippen LogP contribution in [0.2, 0.25) is 0 Å². The number of pyridine rings is 1. The van der Waals surface area contributed by atoms with Crippen LogP contribution in [-0.4, -0.2) is 51.9 Å². The third-order valence-electron chi connectivity index (χ3n) is 4.94. The molecule has 1 aliphatic rings. The summed E-state index contributed by atoms with van der Waals surface area (Å²) >= 11 is 0. The maximum atomic E-state index is 12.9. The lowest BCUT2D eigenvalue weighted by Gasteiger charge is -2.24. The Kier molecular flexibility index (Phi) is 4.67. The minimum atomic E-state index is -0.708. The van der Waals surface area contributed by atoms with Gasteiger partial charge in [-0.15, -0.1) is 0 Å². The van der Waals surface area contributed by atoms with Gasteiger partial charge in [-0.3, -0.25) is 14.6 Å². The van der Waals surface area contributed by atoms with Crippen LogP contribution < -0.4 is 0 Å². The highest BCUT2D eigenvalue weighted by Crippen LogP contribution is 2.40. The summed E-state index contributed by atoms with van der Waals surface area (Å²) in [6.45, 7) is 0.514. The SMILES string of the molecule is COCCN1C(=O)C(=O)/C(=C(\O)c2c[nH]c3ccccc23)C1c1ccncc1. The van der Waals surface area contributed by atoms with Crippen molar-refractivity contribution >= 4 is 28.4 Å². The molecule has 3 heterocycles. The van der Waals surface area contributed by atoms with Gasteiger partial charge in [0.2, 0.25) is 0 Å². The molecule has 1 aromatic carbocycles. The van der Waals surface area contributed by atoms with Gasteiger partial charge in [-0.05, 0) is 23.8 Å². The molecule has 1 aliphatic heterocycles. The largest absolute Gasteiger partial charge is 0.507 e. The van der Waals surface area contributed by atoms with Crippen molar-refractivity contribution in [2.45, 2.75) is 6.04 Å². The fourth-order valence-electron chi connectivity index (χ4n) is 3.61. The van der Waals surface area contributed by atoms with Gasteiger partial charge in [0.25, 0.3) is 11.7 Å². The van der Waals surface area contributed by atoms with E-state index in [1.807, 2.05) is 24.3 Å². The highest BCUT2D eigenvalue weighted by Gasteiger charge is 2.46. The highest BCUT2D eigenvalue weighted by atomic mass is 16.5. The number of H-pyrrole nitrogens is 1. The molecule has 28 heavy (non-hydrogen) atoms. The molecule has 0 bridgehead atoms. The van der Waals surface area contributed by atoms with Crippen LogP contribution in [-0.2, 0) is 14.3 Å². The molecule has 4 rings (SSSR count). The maximum absolute atomic E-state index is 12.9. The number of amides is 1. The molecular weight excluding hydrogens is 358 g/mol. The first-order valence-corrected chi connectivity index (χ1v) is 8.87. The Balaban J connectivity index is 1.90. The number of methoxy groups -OCH3 is 1. The second-order valence-corrected chi connectivity index (χ2v) is 6.51. The molecule has 0 radical (unpaired) electrons. The van der Waals surface area contributed by atoms with Crippen molar-refractivity contribution in [3.63, 3.8) is 0 Å². The van der Waals surface area contributed by atoms with E-state index in [2.05, 4.69) is 9.97 Å². The number of fused-ring (bicyclic) bond motifs is 1. The number of carbonyl (C=O) groups excluding carboxylic acids is 2. The standard InChI is InChI=1S/C21H19N3O4/c1-28-11-10-24-18(13-6-8-22-9-7-13)17(20(26)21(24)27)19(25)15-12-23-16-5-3-2-4-14(15)16/h2-9,12,18,23,25H,10-11H2,1H3/b19-17-. The predicted octanol–water partition coefficient (Wildman–Crippen LogP) is 2.63. The first-order chi connectivity index (χ1) is 13.6. The molecule has 7 heteroatoms. The monoisotopic (exact) mass is 377 g/mol. The molecule has 2 aromatic heterocycles. The molecule has 0 saturated carbocycles. The smallest absolute Gasteiger partial charge is 0.295 e. The van der Waals surface area contributed by atoms with E-state index in [9.17, 15) is 14.7 Å². The fraction of sp³-hybridized carbons (Fsp3) is 0.190. The van der Waals surface area contributed by atoms with Gasteiger partial charge in [0, 0.05) is 48.7 Å². The Labute approximate surface area is 161 Å². The Morgan fingerprint density at radius 3 is 2.71 bits per heavy atom. The molecule has 0 aliphatic carbocycles. The van der Waals surface area contributed by atoms with Crippen molar-refractivity contribution in [2.75, 3.05) is 20.3 Å². The Morgan fingerprint density at radius 2 is 1.96 bits per heavy atom. The highest BCUT2D eigenvalue weighted by molar-refractivity contribution is 6.46. The second kappa shape index (κ2) is 7.28. The van der Waals surface area contributed by atoms with Gasteiger partial charge < -0.3 is 19.7 Å². The van der Waals surface area contributed by atoms with E-state index < -0.39 is 17.7 Å². The average Bonchev–Trinajstić information content (AvgIpc) is 3.26. The number of Topliss-reactive ketones (excluding diaryl/α,β-unsaturated/α-hetero) is 1. The van der Waals surface area contributed by atoms with Gasteiger partial charge in [0.15, 0.2) is 0 Å². The van der Waals surface area contributed by atoms with E-state index in [1.165, 1.54) is 12.0 Å². The Hall–Kier alpha value is -3.45. The van der Waals surface area contributed by atoms with E-state index in [0.717, 1.165) is 10.9 Å². The summed E-state index contributed by atoms with van der Waals surface area (Å²) in [7, 11) is 1.53. The quantitative estimate of drug-likeness (QED) is 0.405. The van der Waals surface area contributed by atoms with Crippen LogP contribution in [0.15, 0.2) is 60.6 Å². The van der Waals surface area contributed by atoms with Gasteiger partial charge in [0.1, 0.15) is 5.76 Å². The molecule has 2 N–H and O–H groups in total. The van der Waals surface area contributed by atoms with Gasteiger partial charge in [-0.2, -0.15) is 0 Å². The molecule has 1 fully saturated rings. The molecule has 1 atom stereocenters. The molecule has 1 amide bonds. The molecular formula is C21H19N3O4. The van der Waals surface area contributed by atoms with Crippen LogP contribution >= 0.6 is 0 Å². The maximum Gasteiger partial charge on any atom is 0.295 e. The van der Waals surface area contributed by atoms with Crippen molar-refractivity contribution < 1.29 is 19.4 Å².